The zero-order valence-electron chi connectivity index (χ0n) is 26.6. The lowest BCUT2D eigenvalue weighted by Gasteiger charge is -2.23. The van der Waals surface area contributed by atoms with Gasteiger partial charge < -0.3 is 19.7 Å². The van der Waals surface area contributed by atoms with Crippen LogP contribution in [0.15, 0.2) is 60.7 Å². The molecule has 1 amide bonds. The van der Waals surface area contributed by atoms with Crippen molar-refractivity contribution in [3.05, 3.63) is 88.0 Å². The van der Waals surface area contributed by atoms with Gasteiger partial charge >= 0.3 is 6.18 Å². The predicted molar refractivity (Wildman–Crippen MR) is 172 cm³/mol. The maximum Gasteiger partial charge on any atom is 0.422 e. The van der Waals surface area contributed by atoms with Gasteiger partial charge in [0.15, 0.2) is 12.4 Å². The van der Waals surface area contributed by atoms with Crippen LogP contribution >= 0.6 is 0 Å². The van der Waals surface area contributed by atoms with Gasteiger partial charge in [-0.2, -0.15) is 13.2 Å². The molecule has 3 rings (SSSR count). The van der Waals surface area contributed by atoms with E-state index in [1.807, 2.05) is 24.1 Å². The molecule has 10 heteroatoms. The lowest BCUT2D eigenvalue weighted by Crippen LogP contribution is -2.36. The van der Waals surface area contributed by atoms with E-state index in [1.54, 1.807) is 36.5 Å². The second kappa shape index (κ2) is 17.5. The van der Waals surface area contributed by atoms with Crippen molar-refractivity contribution < 1.29 is 36.6 Å². The van der Waals surface area contributed by atoms with Gasteiger partial charge in [-0.1, -0.05) is 62.4 Å². The Bertz CT molecular complexity index is 1540. The van der Waals surface area contributed by atoms with Crippen LogP contribution in [0.25, 0.3) is 23.9 Å². The van der Waals surface area contributed by atoms with Crippen molar-refractivity contribution in [1.82, 2.24) is 10.2 Å². The minimum atomic E-state index is -4.60. The number of carbonyl (C=O) groups is 2. The Hall–Kier alpha value is -4.18. The number of nitrogens with one attached hydrogen (secondary N) is 1. The first kappa shape index (κ1) is 36.3. The van der Waals surface area contributed by atoms with Crippen LogP contribution in [0, 0.1) is 11.7 Å². The average molecular weight is 643 g/mol. The molecule has 0 aliphatic carbocycles. The minimum Gasteiger partial charge on any atom is -0.483 e. The van der Waals surface area contributed by atoms with Gasteiger partial charge in [0.1, 0.15) is 11.6 Å². The van der Waals surface area contributed by atoms with Gasteiger partial charge in [-0.05, 0) is 59.7 Å². The number of nitrogens with zero attached hydrogens (tertiary/aromatic N) is 1. The van der Waals surface area contributed by atoms with Crippen molar-refractivity contribution in [1.29, 1.82) is 0 Å². The highest BCUT2D eigenvalue weighted by atomic mass is 19.4. The van der Waals surface area contributed by atoms with Crippen molar-refractivity contribution >= 4 is 24.5 Å². The molecule has 3 aromatic rings. The number of hydrogen-bond acceptors (Lipinski definition) is 5. The number of Topliss-reactive ketones (excluding diaryl/α,β-unsaturated/α-hetero) is 1. The Kier molecular flexibility index (Phi) is 13.8. The number of alkyl halides is 3. The fourth-order valence-corrected chi connectivity index (χ4v) is 5.23. The summed E-state index contributed by atoms with van der Waals surface area (Å²) < 4.78 is 62.8. The first-order chi connectivity index (χ1) is 21.9. The van der Waals surface area contributed by atoms with E-state index in [9.17, 15) is 27.2 Å². The molecule has 0 fully saturated rings. The van der Waals surface area contributed by atoms with Crippen LogP contribution in [0.5, 0.6) is 5.75 Å². The number of halogens is 4. The number of methoxy groups -OCH3 is 1. The first-order valence-electron chi connectivity index (χ1n) is 15.3. The van der Waals surface area contributed by atoms with Gasteiger partial charge in [0, 0.05) is 50.6 Å². The molecule has 248 valence electrons. The minimum absolute atomic E-state index is 0.0262. The van der Waals surface area contributed by atoms with E-state index in [1.165, 1.54) is 25.3 Å². The number of benzene rings is 3. The fraction of sp³-hybridized carbons (Fsp3) is 0.389. The fourth-order valence-electron chi connectivity index (χ4n) is 5.23. The van der Waals surface area contributed by atoms with Crippen molar-refractivity contribution in [2.45, 2.75) is 45.2 Å². The lowest BCUT2D eigenvalue weighted by molar-refractivity contribution is -0.153. The number of rotatable bonds is 17. The van der Waals surface area contributed by atoms with Crippen LogP contribution in [0.1, 0.15) is 59.7 Å². The SMILES string of the molecule is C=c1ccc(C(=O)NCCOC)c(OCC(F)(F)F)/c1=C/N(C)CC(CCC)CCCC(=O)c1ccc(-c2ccc(F)cc2)cc1. The Morgan fingerprint density at radius 3 is 2.26 bits per heavy atom. The number of ketones is 1. The maximum atomic E-state index is 13.2. The third-order valence-corrected chi connectivity index (χ3v) is 7.50. The molecule has 0 radical (unpaired) electrons. The van der Waals surface area contributed by atoms with E-state index in [2.05, 4.69) is 18.8 Å². The molecule has 46 heavy (non-hydrogen) atoms. The van der Waals surface area contributed by atoms with Gasteiger partial charge in [0.25, 0.3) is 5.91 Å². The Balaban J connectivity index is 1.70. The van der Waals surface area contributed by atoms with Gasteiger partial charge in [0.05, 0.1) is 12.2 Å². The average Bonchev–Trinajstić information content (AvgIpc) is 3.01. The van der Waals surface area contributed by atoms with Crippen LogP contribution in [-0.4, -0.2) is 63.2 Å². The van der Waals surface area contributed by atoms with E-state index in [0.29, 0.717) is 35.4 Å². The van der Waals surface area contributed by atoms with E-state index < -0.39 is 18.7 Å². The molecular formula is C36H42F4N2O4. The van der Waals surface area contributed by atoms with Crippen molar-refractivity contribution in [2.24, 2.45) is 5.92 Å². The lowest BCUT2D eigenvalue weighted by atomic mass is 9.94. The summed E-state index contributed by atoms with van der Waals surface area (Å²) in [4.78, 5) is 27.6. The highest BCUT2D eigenvalue weighted by molar-refractivity contribution is 5.97. The summed E-state index contributed by atoms with van der Waals surface area (Å²) in [6.07, 6.45) is 0.720. The molecule has 1 N–H and O–H groups in total. The summed E-state index contributed by atoms with van der Waals surface area (Å²) in [5, 5.41) is 3.34. The summed E-state index contributed by atoms with van der Waals surface area (Å²) in [7, 11) is 3.29. The van der Waals surface area contributed by atoms with Gasteiger partial charge in [-0.3, -0.25) is 9.59 Å². The van der Waals surface area contributed by atoms with Crippen LogP contribution in [0.3, 0.4) is 0 Å². The van der Waals surface area contributed by atoms with Crippen molar-refractivity contribution in [2.75, 3.05) is 40.5 Å². The largest absolute Gasteiger partial charge is 0.483 e. The number of ether oxygens (including phenoxy) is 2. The molecule has 0 spiro atoms. The summed E-state index contributed by atoms with van der Waals surface area (Å²) in [5.74, 6) is -0.817. The second-order valence-electron chi connectivity index (χ2n) is 11.3. The normalized spacial score (nSPS) is 12.5. The zero-order chi connectivity index (χ0) is 33.7. The molecule has 6 nitrogen and oxygen atoms in total. The zero-order valence-corrected chi connectivity index (χ0v) is 26.6. The third kappa shape index (κ3) is 11.3. The van der Waals surface area contributed by atoms with E-state index in [-0.39, 0.29) is 42.0 Å². The smallest absolute Gasteiger partial charge is 0.422 e. The van der Waals surface area contributed by atoms with E-state index >= 15 is 0 Å². The molecular weight excluding hydrogens is 600 g/mol. The number of hydrogen-bond donors (Lipinski definition) is 1. The molecule has 0 aliphatic heterocycles. The van der Waals surface area contributed by atoms with Crippen molar-refractivity contribution in [3.8, 4) is 16.9 Å². The highest BCUT2D eigenvalue weighted by Gasteiger charge is 2.30. The molecule has 0 saturated carbocycles. The number of carbonyl (C=O) groups excluding carboxylic acids is 2. The molecule has 0 saturated heterocycles. The van der Waals surface area contributed by atoms with Crippen LogP contribution in [-0.2, 0) is 4.74 Å². The monoisotopic (exact) mass is 642 g/mol. The third-order valence-electron chi connectivity index (χ3n) is 7.50. The molecule has 0 aliphatic rings. The van der Waals surface area contributed by atoms with Gasteiger partial charge in [-0.25, -0.2) is 4.39 Å². The highest BCUT2D eigenvalue weighted by Crippen LogP contribution is 2.23. The molecule has 0 bridgehead atoms. The topological polar surface area (TPSA) is 67.9 Å². The van der Waals surface area contributed by atoms with E-state index in [4.69, 9.17) is 9.47 Å². The van der Waals surface area contributed by atoms with Crippen LogP contribution in [0.2, 0.25) is 0 Å². The standard InChI is InChI=1S/C36H42F4N2O4/c1-5-7-26(8-6-9-33(43)29-13-11-27(12-14-29)28-15-17-30(37)18-16-28)22-42(3)23-32-25(2)10-19-31(35(44)41-20-21-45-4)34(32)46-24-36(38,39)40/h10-19,23,26H,2,5-9,20-22,24H2,1,3-4H3,(H,41,44)/b32-23+. The molecule has 1 atom stereocenters. The van der Waals surface area contributed by atoms with Crippen LogP contribution < -0.4 is 20.5 Å². The molecule has 3 aromatic carbocycles. The van der Waals surface area contributed by atoms with Crippen molar-refractivity contribution in [3.63, 3.8) is 0 Å². The van der Waals surface area contributed by atoms with Gasteiger partial charge in [0.2, 0.25) is 0 Å². The quantitative estimate of drug-likeness (QED) is 0.106. The molecule has 0 heterocycles. The molecule has 1 unspecified atom stereocenters. The van der Waals surface area contributed by atoms with E-state index in [0.717, 1.165) is 30.4 Å². The van der Waals surface area contributed by atoms with Gasteiger partial charge in [-0.15, -0.1) is 0 Å². The Morgan fingerprint density at radius 1 is 1.00 bits per heavy atom. The number of amides is 1. The first-order valence-corrected chi connectivity index (χ1v) is 15.3. The summed E-state index contributed by atoms with van der Waals surface area (Å²) in [6, 6.07) is 16.4. The Morgan fingerprint density at radius 2 is 1.65 bits per heavy atom. The summed E-state index contributed by atoms with van der Waals surface area (Å²) in [5.41, 5.74) is 2.35. The summed E-state index contributed by atoms with van der Waals surface area (Å²) >= 11 is 0. The summed E-state index contributed by atoms with van der Waals surface area (Å²) in [6.45, 7) is 5.50. The second-order valence-corrected chi connectivity index (χ2v) is 11.3. The Labute approximate surface area is 267 Å². The predicted octanol–water partition coefficient (Wildman–Crippen LogP) is 6.36. The molecule has 0 aromatic heterocycles. The van der Waals surface area contributed by atoms with Crippen LogP contribution in [0.4, 0.5) is 17.6 Å². The maximum absolute atomic E-state index is 13.2.